The van der Waals surface area contributed by atoms with Crippen LogP contribution in [0.3, 0.4) is 0 Å². The van der Waals surface area contributed by atoms with E-state index in [0.717, 1.165) is 16.9 Å². The van der Waals surface area contributed by atoms with Gasteiger partial charge in [-0.25, -0.2) is 0 Å². The summed E-state index contributed by atoms with van der Waals surface area (Å²) in [4.78, 5) is 16.7. The Labute approximate surface area is 157 Å². The van der Waals surface area contributed by atoms with E-state index in [2.05, 4.69) is 15.6 Å². The van der Waals surface area contributed by atoms with E-state index in [1.165, 1.54) is 7.11 Å². The van der Waals surface area contributed by atoms with E-state index in [-0.39, 0.29) is 5.91 Å². The van der Waals surface area contributed by atoms with Crippen LogP contribution in [0.15, 0.2) is 60.8 Å². The van der Waals surface area contributed by atoms with E-state index in [1.54, 1.807) is 30.5 Å². The standard InChI is InChI=1S/C20H18ClN3O2/c1-13-10-17(19(26-2)12-16(13)21)24-20(25)18-11-15(8-9-22-18)23-14-6-4-3-5-7-14/h3-12H,1-2H3,(H,22,23)(H,24,25). The van der Waals surface area contributed by atoms with Gasteiger partial charge in [0.25, 0.3) is 5.91 Å². The molecule has 26 heavy (non-hydrogen) atoms. The Bertz CT molecular complexity index is 930. The van der Waals surface area contributed by atoms with Crippen molar-refractivity contribution in [1.82, 2.24) is 4.98 Å². The van der Waals surface area contributed by atoms with Crippen LogP contribution in [0.5, 0.6) is 5.75 Å². The largest absolute Gasteiger partial charge is 0.495 e. The molecule has 132 valence electrons. The molecule has 6 heteroatoms. The summed E-state index contributed by atoms with van der Waals surface area (Å²) < 4.78 is 5.29. The molecule has 1 amide bonds. The molecule has 0 bridgehead atoms. The van der Waals surface area contributed by atoms with Crippen LogP contribution in [0.25, 0.3) is 0 Å². The lowest BCUT2D eigenvalue weighted by atomic mass is 10.2. The second-order valence-electron chi connectivity index (χ2n) is 5.68. The number of amides is 1. The Balaban J connectivity index is 1.80. The molecule has 0 atom stereocenters. The first kappa shape index (κ1) is 17.8. The summed E-state index contributed by atoms with van der Waals surface area (Å²) in [6.45, 7) is 1.86. The highest BCUT2D eigenvalue weighted by molar-refractivity contribution is 6.31. The number of ether oxygens (including phenoxy) is 1. The van der Waals surface area contributed by atoms with Gasteiger partial charge in [-0.05, 0) is 42.8 Å². The minimum absolute atomic E-state index is 0.292. The van der Waals surface area contributed by atoms with Crippen LogP contribution in [0.1, 0.15) is 16.1 Å². The molecule has 0 saturated carbocycles. The third kappa shape index (κ3) is 4.13. The lowest BCUT2D eigenvalue weighted by Gasteiger charge is -2.12. The average Bonchev–Trinajstić information content (AvgIpc) is 2.65. The van der Waals surface area contributed by atoms with Gasteiger partial charge in [-0.1, -0.05) is 29.8 Å². The van der Waals surface area contributed by atoms with Crippen molar-refractivity contribution in [3.63, 3.8) is 0 Å². The molecule has 0 aliphatic carbocycles. The number of nitrogens with zero attached hydrogens (tertiary/aromatic N) is 1. The molecule has 3 rings (SSSR count). The summed E-state index contributed by atoms with van der Waals surface area (Å²) in [5.74, 6) is 0.161. The van der Waals surface area contributed by atoms with Gasteiger partial charge in [0.15, 0.2) is 0 Å². The minimum Gasteiger partial charge on any atom is -0.495 e. The van der Waals surface area contributed by atoms with Crippen molar-refractivity contribution in [3.8, 4) is 5.75 Å². The van der Waals surface area contributed by atoms with Crippen molar-refractivity contribution in [2.45, 2.75) is 6.92 Å². The van der Waals surface area contributed by atoms with Crippen molar-refractivity contribution in [1.29, 1.82) is 0 Å². The van der Waals surface area contributed by atoms with Crippen LogP contribution in [0, 0.1) is 6.92 Å². The van der Waals surface area contributed by atoms with Gasteiger partial charge in [-0.15, -0.1) is 0 Å². The number of nitrogens with one attached hydrogen (secondary N) is 2. The van der Waals surface area contributed by atoms with Crippen LogP contribution in [-0.4, -0.2) is 18.0 Å². The molecule has 0 radical (unpaired) electrons. The van der Waals surface area contributed by atoms with Gasteiger partial charge in [-0.3, -0.25) is 9.78 Å². The Morgan fingerprint density at radius 1 is 1.08 bits per heavy atom. The highest BCUT2D eigenvalue weighted by atomic mass is 35.5. The molecule has 0 fully saturated rings. The van der Waals surface area contributed by atoms with E-state index >= 15 is 0 Å². The quantitative estimate of drug-likeness (QED) is 0.662. The first-order chi connectivity index (χ1) is 12.6. The maximum atomic E-state index is 12.6. The molecular weight excluding hydrogens is 350 g/mol. The summed E-state index contributed by atoms with van der Waals surface area (Å²) in [6, 6.07) is 16.6. The molecule has 0 unspecified atom stereocenters. The summed E-state index contributed by atoms with van der Waals surface area (Å²) in [5, 5.41) is 6.64. The number of pyridine rings is 1. The number of halogens is 1. The molecule has 5 nitrogen and oxygen atoms in total. The van der Waals surface area contributed by atoms with Gasteiger partial charge in [0, 0.05) is 28.7 Å². The second kappa shape index (κ2) is 7.89. The molecule has 1 heterocycles. The molecule has 3 aromatic rings. The number of aromatic nitrogens is 1. The van der Waals surface area contributed by atoms with Crippen LogP contribution >= 0.6 is 11.6 Å². The summed E-state index contributed by atoms with van der Waals surface area (Å²) >= 11 is 6.10. The van der Waals surface area contributed by atoms with Crippen LogP contribution in [0.4, 0.5) is 17.1 Å². The number of carbonyl (C=O) groups is 1. The number of hydrogen-bond donors (Lipinski definition) is 2. The fourth-order valence-electron chi connectivity index (χ4n) is 2.44. The lowest BCUT2D eigenvalue weighted by Crippen LogP contribution is -2.14. The second-order valence-corrected chi connectivity index (χ2v) is 6.08. The van der Waals surface area contributed by atoms with E-state index < -0.39 is 0 Å². The average molecular weight is 368 g/mol. The van der Waals surface area contributed by atoms with Gasteiger partial charge in [-0.2, -0.15) is 0 Å². The molecule has 0 aliphatic heterocycles. The first-order valence-corrected chi connectivity index (χ1v) is 8.38. The summed E-state index contributed by atoms with van der Waals surface area (Å²) in [6.07, 6.45) is 1.59. The number of hydrogen-bond acceptors (Lipinski definition) is 4. The van der Waals surface area contributed by atoms with Crippen molar-refractivity contribution < 1.29 is 9.53 Å². The van der Waals surface area contributed by atoms with Gasteiger partial charge >= 0.3 is 0 Å². The fraction of sp³-hybridized carbons (Fsp3) is 0.100. The van der Waals surface area contributed by atoms with Crippen LogP contribution < -0.4 is 15.4 Å². The number of aryl methyl sites for hydroxylation is 1. The minimum atomic E-state index is -0.332. The Hall–Kier alpha value is -3.05. The van der Waals surface area contributed by atoms with Crippen molar-refractivity contribution in [2.75, 3.05) is 17.7 Å². The monoisotopic (exact) mass is 367 g/mol. The third-order valence-electron chi connectivity index (χ3n) is 3.78. The number of para-hydroxylation sites is 1. The normalized spacial score (nSPS) is 10.3. The van der Waals surface area contributed by atoms with Gasteiger partial charge < -0.3 is 15.4 Å². The Kier molecular flexibility index (Phi) is 5.39. The molecule has 1 aromatic heterocycles. The molecular formula is C20H18ClN3O2. The number of rotatable bonds is 5. The smallest absolute Gasteiger partial charge is 0.274 e. The van der Waals surface area contributed by atoms with Crippen molar-refractivity contribution in [3.05, 3.63) is 77.1 Å². The van der Waals surface area contributed by atoms with Crippen molar-refractivity contribution >= 4 is 34.6 Å². The zero-order chi connectivity index (χ0) is 18.5. The van der Waals surface area contributed by atoms with Crippen LogP contribution in [-0.2, 0) is 0 Å². The highest BCUT2D eigenvalue weighted by Crippen LogP contribution is 2.31. The molecule has 0 aliphatic rings. The lowest BCUT2D eigenvalue weighted by molar-refractivity contribution is 0.102. The first-order valence-electron chi connectivity index (χ1n) is 8.00. The van der Waals surface area contributed by atoms with Gasteiger partial charge in [0.2, 0.25) is 0 Å². The summed E-state index contributed by atoms with van der Waals surface area (Å²) in [5.41, 5.74) is 3.38. The predicted octanol–water partition coefficient (Wildman–Crippen LogP) is 5.05. The predicted molar refractivity (Wildman–Crippen MR) is 105 cm³/mol. The Morgan fingerprint density at radius 3 is 2.58 bits per heavy atom. The third-order valence-corrected chi connectivity index (χ3v) is 4.19. The van der Waals surface area contributed by atoms with E-state index in [9.17, 15) is 4.79 Å². The number of methoxy groups -OCH3 is 1. The zero-order valence-corrected chi connectivity index (χ0v) is 15.2. The van der Waals surface area contributed by atoms with E-state index in [1.807, 2.05) is 37.3 Å². The fourth-order valence-corrected chi connectivity index (χ4v) is 2.59. The Morgan fingerprint density at radius 2 is 1.85 bits per heavy atom. The zero-order valence-electron chi connectivity index (χ0n) is 14.4. The molecule has 0 saturated heterocycles. The maximum Gasteiger partial charge on any atom is 0.274 e. The summed E-state index contributed by atoms with van der Waals surface area (Å²) in [7, 11) is 1.53. The van der Waals surface area contributed by atoms with Crippen molar-refractivity contribution in [2.24, 2.45) is 0 Å². The van der Waals surface area contributed by atoms with E-state index in [4.69, 9.17) is 16.3 Å². The maximum absolute atomic E-state index is 12.6. The number of benzene rings is 2. The molecule has 2 N–H and O–H groups in total. The SMILES string of the molecule is COc1cc(Cl)c(C)cc1NC(=O)c1cc(Nc2ccccc2)ccn1. The number of anilines is 3. The van der Waals surface area contributed by atoms with Crippen LogP contribution in [0.2, 0.25) is 5.02 Å². The highest BCUT2D eigenvalue weighted by Gasteiger charge is 2.13. The topological polar surface area (TPSA) is 63.2 Å². The van der Waals surface area contributed by atoms with E-state index in [0.29, 0.717) is 22.2 Å². The number of carbonyl (C=O) groups excluding carboxylic acids is 1. The molecule has 0 spiro atoms. The van der Waals surface area contributed by atoms with Gasteiger partial charge in [0.05, 0.1) is 12.8 Å². The molecule has 2 aromatic carbocycles. The van der Waals surface area contributed by atoms with Gasteiger partial charge in [0.1, 0.15) is 11.4 Å².